The number of rotatable bonds is 6. The average molecular weight is 315 g/mol. The van der Waals surface area contributed by atoms with Gasteiger partial charge in [-0.15, -0.1) is 10.2 Å². The Labute approximate surface area is 125 Å². The molecule has 2 rings (SSSR count). The van der Waals surface area contributed by atoms with Crippen LogP contribution in [0, 0.1) is 5.92 Å². The number of carbonyl (C=O) groups is 2. The van der Waals surface area contributed by atoms with Gasteiger partial charge >= 0.3 is 6.03 Å². The zero-order valence-corrected chi connectivity index (χ0v) is 12.9. The first kappa shape index (κ1) is 15.0. The van der Waals surface area contributed by atoms with Gasteiger partial charge in [-0.3, -0.25) is 10.1 Å². The van der Waals surface area contributed by atoms with E-state index in [0.29, 0.717) is 10.4 Å². The largest absolute Gasteiger partial charge is 0.357 e. The fourth-order valence-corrected chi connectivity index (χ4v) is 3.55. The molecule has 0 radical (unpaired) electrons. The molecule has 1 aromatic heterocycles. The van der Waals surface area contributed by atoms with Crippen LogP contribution >= 0.6 is 23.1 Å². The fourth-order valence-electron chi connectivity index (χ4n) is 1.51. The van der Waals surface area contributed by atoms with Gasteiger partial charge in [0.15, 0.2) is 4.34 Å². The summed E-state index contributed by atoms with van der Waals surface area (Å²) in [5, 5.41) is 13.8. The van der Waals surface area contributed by atoms with Crippen LogP contribution in [0.5, 0.6) is 0 Å². The van der Waals surface area contributed by atoms with Gasteiger partial charge in [0.05, 0.1) is 5.25 Å². The topological polar surface area (TPSA) is 110 Å². The first-order chi connectivity index (χ1) is 9.45. The molecule has 4 N–H and O–H groups in total. The molecule has 1 fully saturated rings. The highest BCUT2D eigenvalue weighted by Crippen LogP contribution is 2.34. The first-order valence-corrected chi connectivity index (χ1v) is 8.02. The van der Waals surface area contributed by atoms with Crippen molar-refractivity contribution < 1.29 is 9.59 Å². The molecule has 7 nitrogen and oxygen atoms in total. The van der Waals surface area contributed by atoms with Crippen molar-refractivity contribution in [3.8, 4) is 0 Å². The molecule has 0 aliphatic heterocycles. The third-order valence-corrected chi connectivity index (χ3v) is 5.13. The Kier molecular flexibility index (Phi) is 4.81. The van der Waals surface area contributed by atoms with Crippen molar-refractivity contribution in [1.82, 2.24) is 15.5 Å². The van der Waals surface area contributed by atoms with Crippen LogP contribution in [-0.4, -0.2) is 33.4 Å². The molecule has 0 aromatic carbocycles. The number of urea groups is 1. The molecule has 1 saturated carbocycles. The number of primary amides is 1. The summed E-state index contributed by atoms with van der Waals surface area (Å²) in [4.78, 5) is 22.7. The summed E-state index contributed by atoms with van der Waals surface area (Å²) in [7, 11) is 0. The number of thioether (sulfide) groups is 1. The molecule has 1 aromatic rings. The molecule has 1 atom stereocenters. The monoisotopic (exact) mass is 315 g/mol. The lowest BCUT2D eigenvalue weighted by atomic mass is 10.1. The van der Waals surface area contributed by atoms with E-state index < -0.39 is 17.2 Å². The van der Waals surface area contributed by atoms with Crippen LogP contribution < -0.4 is 16.4 Å². The van der Waals surface area contributed by atoms with Crippen molar-refractivity contribution in [1.29, 1.82) is 0 Å². The Hall–Kier alpha value is -1.35. The van der Waals surface area contributed by atoms with Gasteiger partial charge in [-0.25, -0.2) is 4.79 Å². The molecule has 3 amide bonds. The summed E-state index contributed by atoms with van der Waals surface area (Å²) in [6.07, 6.45) is 2.33. The van der Waals surface area contributed by atoms with Gasteiger partial charge in [0.2, 0.25) is 11.0 Å². The number of hydrogen-bond acceptors (Lipinski definition) is 7. The Morgan fingerprint density at radius 1 is 1.40 bits per heavy atom. The van der Waals surface area contributed by atoms with E-state index in [1.54, 1.807) is 0 Å². The summed E-state index contributed by atoms with van der Waals surface area (Å²) in [5.74, 6) is -0.354. The van der Waals surface area contributed by atoms with E-state index in [1.165, 1.54) is 23.1 Å². The summed E-state index contributed by atoms with van der Waals surface area (Å²) >= 11 is 2.72. The normalized spacial score (nSPS) is 15.9. The SMILES string of the molecule is CC(C)[C@@H](Sc1nnc(NC2CC2)s1)C(=O)NC(N)=O. The molecule has 20 heavy (non-hydrogen) atoms. The second kappa shape index (κ2) is 6.40. The van der Waals surface area contributed by atoms with E-state index in [2.05, 4.69) is 20.8 Å². The summed E-state index contributed by atoms with van der Waals surface area (Å²) in [6.45, 7) is 3.81. The molecule has 0 saturated heterocycles. The van der Waals surface area contributed by atoms with E-state index in [1.807, 2.05) is 13.8 Å². The summed E-state index contributed by atoms with van der Waals surface area (Å²) in [5.41, 5.74) is 4.98. The number of aromatic nitrogens is 2. The molecule has 1 aliphatic carbocycles. The van der Waals surface area contributed by atoms with Gasteiger partial charge in [-0.1, -0.05) is 36.9 Å². The Balaban J connectivity index is 1.97. The molecule has 1 heterocycles. The van der Waals surface area contributed by atoms with Crippen molar-refractivity contribution in [2.45, 2.75) is 42.3 Å². The van der Waals surface area contributed by atoms with Crippen molar-refractivity contribution >= 4 is 40.2 Å². The quantitative estimate of drug-likeness (QED) is 0.685. The zero-order chi connectivity index (χ0) is 14.7. The smallest absolute Gasteiger partial charge is 0.318 e. The van der Waals surface area contributed by atoms with Crippen LogP contribution in [-0.2, 0) is 4.79 Å². The van der Waals surface area contributed by atoms with Gasteiger partial charge in [0, 0.05) is 6.04 Å². The van der Waals surface area contributed by atoms with E-state index in [4.69, 9.17) is 5.73 Å². The Morgan fingerprint density at radius 2 is 2.10 bits per heavy atom. The van der Waals surface area contributed by atoms with Crippen LogP contribution in [0.25, 0.3) is 0 Å². The molecule has 9 heteroatoms. The van der Waals surface area contributed by atoms with Crippen LogP contribution in [0.4, 0.5) is 9.93 Å². The Bertz CT molecular complexity index is 501. The highest BCUT2D eigenvalue weighted by molar-refractivity contribution is 8.02. The van der Waals surface area contributed by atoms with Gasteiger partial charge in [0.25, 0.3) is 0 Å². The van der Waals surface area contributed by atoms with Crippen LogP contribution in [0.2, 0.25) is 0 Å². The molecule has 0 unspecified atom stereocenters. The zero-order valence-electron chi connectivity index (χ0n) is 11.3. The number of hydrogen-bond donors (Lipinski definition) is 3. The lowest BCUT2D eigenvalue weighted by Crippen LogP contribution is -2.42. The maximum absolute atomic E-state index is 11.9. The minimum atomic E-state index is -0.838. The summed E-state index contributed by atoms with van der Waals surface area (Å²) in [6, 6.07) is -0.325. The van der Waals surface area contributed by atoms with Crippen molar-refractivity contribution in [2.75, 3.05) is 5.32 Å². The maximum atomic E-state index is 11.9. The maximum Gasteiger partial charge on any atom is 0.318 e. The minimum absolute atomic E-state index is 0.0445. The highest BCUT2D eigenvalue weighted by Gasteiger charge is 2.27. The van der Waals surface area contributed by atoms with Crippen molar-refractivity contribution in [2.24, 2.45) is 11.7 Å². The van der Waals surface area contributed by atoms with Crippen molar-refractivity contribution in [3.63, 3.8) is 0 Å². The summed E-state index contributed by atoms with van der Waals surface area (Å²) < 4.78 is 0.700. The van der Waals surface area contributed by atoms with Crippen LogP contribution in [0.1, 0.15) is 26.7 Å². The van der Waals surface area contributed by atoms with E-state index in [9.17, 15) is 9.59 Å². The number of amides is 3. The standard InChI is InChI=1S/C11H17N5O2S2/c1-5(2)7(8(17)14-9(12)18)19-11-16-15-10(20-11)13-6-3-4-6/h5-7H,3-4H2,1-2H3,(H,13,15)(H3,12,14,17,18)/t7-/m1/s1. The van der Waals surface area contributed by atoms with E-state index in [0.717, 1.165) is 18.0 Å². The predicted molar refractivity (Wildman–Crippen MR) is 78.8 cm³/mol. The molecule has 0 bridgehead atoms. The third kappa shape index (κ3) is 4.34. The number of carbonyl (C=O) groups excluding carboxylic acids is 2. The molecular weight excluding hydrogens is 298 g/mol. The lowest BCUT2D eigenvalue weighted by molar-refractivity contribution is -0.120. The molecule has 1 aliphatic rings. The minimum Gasteiger partial charge on any atom is -0.357 e. The number of nitrogens with zero attached hydrogens (tertiary/aromatic N) is 2. The second-order valence-electron chi connectivity index (χ2n) is 4.93. The van der Waals surface area contributed by atoms with Gasteiger partial charge < -0.3 is 11.1 Å². The Morgan fingerprint density at radius 3 is 2.65 bits per heavy atom. The number of nitrogens with one attached hydrogen (secondary N) is 2. The third-order valence-electron chi connectivity index (χ3n) is 2.65. The number of anilines is 1. The second-order valence-corrected chi connectivity index (χ2v) is 7.29. The number of imide groups is 1. The van der Waals surface area contributed by atoms with Gasteiger partial charge in [-0.2, -0.15) is 0 Å². The average Bonchev–Trinajstić information content (AvgIpc) is 3.03. The van der Waals surface area contributed by atoms with E-state index in [-0.39, 0.29) is 5.92 Å². The molecule has 0 spiro atoms. The number of nitrogens with two attached hydrogens (primary N) is 1. The van der Waals surface area contributed by atoms with E-state index >= 15 is 0 Å². The van der Waals surface area contributed by atoms with Crippen molar-refractivity contribution in [3.05, 3.63) is 0 Å². The highest BCUT2D eigenvalue weighted by atomic mass is 32.2. The van der Waals surface area contributed by atoms with Gasteiger partial charge in [-0.05, 0) is 18.8 Å². The lowest BCUT2D eigenvalue weighted by Gasteiger charge is -2.16. The predicted octanol–water partition coefficient (Wildman–Crippen LogP) is 1.42. The molecule has 110 valence electrons. The fraction of sp³-hybridized carbons (Fsp3) is 0.636. The van der Waals surface area contributed by atoms with Crippen LogP contribution in [0.3, 0.4) is 0 Å². The van der Waals surface area contributed by atoms with Crippen LogP contribution in [0.15, 0.2) is 4.34 Å². The first-order valence-electron chi connectivity index (χ1n) is 6.32. The van der Waals surface area contributed by atoms with Gasteiger partial charge in [0.1, 0.15) is 0 Å². The molecular formula is C11H17N5O2S2.